The normalized spacial score (nSPS) is 10.6. The fraction of sp³-hybridized carbons (Fsp3) is 0.355. The maximum Gasteiger partial charge on any atom is 0.321 e. The van der Waals surface area contributed by atoms with Gasteiger partial charge in [0.1, 0.15) is 5.75 Å². The van der Waals surface area contributed by atoms with Gasteiger partial charge in [-0.05, 0) is 73.4 Å². The lowest BCUT2D eigenvalue weighted by atomic mass is 10.1. The summed E-state index contributed by atoms with van der Waals surface area (Å²) in [5.74, 6) is 0.355. The Bertz CT molecular complexity index is 1090. The molecule has 3 aromatic carbocycles. The van der Waals surface area contributed by atoms with Crippen LogP contribution in [0, 0.1) is 0 Å². The first-order chi connectivity index (χ1) is 18.1. The van der Waals surface area contributed by atoms with Crippen molar-refractivity contribution in [2.75, 3.05) is 18.0 Å². The van der Waals surface area contributed by atoms with Crippen LogP contribution in [0.3, 0.4) is 0 Å². The van der Waals surface area contributed by atoms with Gasteiger partial charge in [-0.2, -0.15) is 0 Å². The highest BCUT2D eigenvalue weighted by Crippen LogP contribution is 2.30. The molecule has 5 nitrogen and oxygen atoms in total. The first-order valence-electron chi connectivity index (χ1n) is 13.3. The van der Waals surface area contributed by atoms with Crippen LogP contribution in [0.15, 0.2) is 88.7 Å². The smallest absolute Gasteiger partial charge is 0.321 e. The molecule has 1 N–H and O–H groups in total. The third-order valence-corrected chi connectivity index (χ3v) is 6.93. The number of anilines is 1. The molecule has 0 atom stereocenters. The maximum atomic E-state index is 13.1. The first kappa shape index (κ1) is 28.3. The summed E-state index contributed by atoms with van der Waals surface area (Å²) in [5.41, 5.74) is 2.09. The number of carbonyl (C=O) groups excluding carboxylic acids is 2. The van der Waals surface area contributed by atoms with Gasteiger partial charge in [0.2, 0.25) is 0 Å². The highest BCUT2D eigenvalue weighted by Gasteiger charge is 2.15. The Labute approximate surface area is 225 Å². The molecule has 6 heteroatoms. The van der Waals surface area contributed by atoms with Gasteiger partial charge in [0.05, 0.1) is 0 Å². The summed E-state index contributed by atoms with van der Waals surface area (Å²) in [4.78, 5) is 28.7. The molecular weight excluding hydrogens is 480 g/mol. The number of urea groups is 1. The van der Waals surface area contributed by atoms with Crippen LogP contribution in [0.25, 0.3) is 0 Å². The summed E-state index contributed by atoms with van der Waals surface area (Å²) < 4.78 is 5.33. The van der Waals surface area contributed by atoms with Crippen LogP contribution < -0.4 is 15.0 Å². The van der Waals surface area contributed by atoms with E-state index in [1.54, 1.807) is 11.8 Å². The molecule has 196 valence electrons. The maximum absolute atomic E-state index is 13.1. The zero-order chi connectivity index (χ0) is 26.3. The second-order valence-corrected chi connectivity index (χ2v) is 10.1. The van der Waals surface area contributed by atoms with Gasteiger partial charge in [-0.25, -0.2) is 4.79 Å². The Morgan fingerprint density at radius 3 is 2.14 bits per heavy atom. The van der Waals surface area contributed by atoms with E-state index in [0.29, 0.717) is 25.3 Å². The number of carbonyl (C=O) groups is 2. The molecule has 0 heterocycles. The standard InChI is InChI=1S/C31H38N2O3S/c1-3-5-6-10-23-32-31(35)33(24-22-25-12-8-7-9-13-25)26-14-18-28(19-15-26)37-29-20-16-27(17-21-29)36-30(34)11-4-2/h7-9,12-21H,3-6,10-11,22-24H2,1-2H3,(H,32,35). The van der Waals surface area contributed by atoms with E-state index in [0.717, 1.165) is 41.2 Å². The van der Waals surface area contributed by atoms with Crippen molar-refractivity contribution in [3.05, 3.63) is 84.4 Å². The lowest BCUT2D eigenvalue weighted by molar-refractivity contribution is -0.134. The van der Waals surface area contributed by atoms with Crippen molar-refractivity contribution in [3.63, 3.8) is 0 Å². The van der Waals surface area contributed by atoms with Crippen LogP contribution in [-0.4, -0.2) is 25.1 Å². The number of amides is 2. The molecule has 0 aliphatic heterocycles. The number of esters is 1. The number of nitrogens with zero attached hydrogens (tertiary/aromatic N) is 1. The van der Waals surface area contributed by atoms with E-state index in [9.17, 15) is 9.59 Å². The Kier molecular flexibility index (Phi) is 12.1. The molecule has 0 radical (unpaired) electrons. The van der Waals surface area contributed by atoms with E-state index in [4.69, 9.17) is 4.74 Å². The zero-order valence-electron chi connectivity index (χ0n) is 21.9. The quantitative estimate of drug-likeness (QED) is 0.134. The molecule has 0 unspecified atom stereocenters. The van der Waals surface area contributed by atoms with Crippen LogP contribution in [0.2, 0.25) is 0 Å². The van der Waals surface area contributed by atoms with E-state index in [-0.39, 0.29) is 12.0 Å². The molecule has 0 fully saturated rings. The lowest BCUT2D eigenvalue weighted by Crippen LogP contribution is -2.41. The van der Waals surface area contributed by atoms with Gasteiger partial charge in [-0.15, -0.1) is 0 Å². The molecule has 3 aromatic rings. The molecule has 0 saturated heterocycles. The number of ether oxygens (including phenoxy) is 1. The van der Waals surface area contributed by atoms with Crippen LogP contribution in [0.1, 0.15) is 57.9 Å². The summed E-state index contributed by atoms with van der Waals surface area (Å²) in [6.07, 6.45) is 6.48. The van der Waals surface area contributed by atoms with Crippen molar-refractivity contribution in [3.8, 4) is 5.75 Å². The van der Waals surface area contributed by atoms with Gasteiger partial charge < -0.3 is 10.1 Å². The highest BCUT2D eigenvalue weighted by molar-refractivity contribution is 7.99. The predicted octanol–water partition coefficient (Wildman–Crippen LogP) is 7.88. The summed E-state index contributed by atoms with van der Waals surface area (Å²) >= 11 is 1.63. The van der Waals surface area contributed by atoms with Crippen molar-refractivity contribution in [2.45, 2.75) is 68.6 Å². The van der Waals surface area contributed by atoms with E-state index >= 15 is 0 Å². The third-order valence-electron chi connectivity index (χ3n) is 5.91. The summed E-state index contributed by atoms with van der Waals surface area (Å²) in [7, 11) is 0. The van der Waals surface area contributed by atoms with Gasteiger partial charge >= 0.3 is 12.0 Å². The van der Waals surface area contributed by atoms with Gasteiger partial charge in [-0.3, -0.25) is 9.69 Å². The Morgan fingerprint density at radius 2 is 1.49 bits per heavy atom. The molecule has 0 aliphatic rings. The number of hydrogen-bond acceptors (Lipinski definition) is 4. The highest BCUT2D eigenvalue weighted by atomic mass is 32.2. The minimum absolute atomic E-state index is 0.0546. The minimum Gasteiger partial charge on any atom is -0.427 e. The molecule has 0 saturated carbocycles. The van der Waals surface area contributed by atoms with Crippen molar-refractivity contribution < 1.29 is 14.3 Å². The van der Waals surface area contributed by atoms with E-state index in [2.05, 4.69) is 24.4 Å². The number of benzene rings is 3. The molecule has 0 aliphatic carbocycles. The minimum atomic E-state index is -0.208. The topological polar surface area (TPSA) is 58.6 Å². The monoisotopic (exact) mass is 518 g/mol. The molecular formula is C31H38N2O3S. The number of hydrogen-bond donors (Lipinski definition) is 1. The van der Waals surface area contributed by atoms with E-state index in [1.807, 2.05) is 78.6 Å². The Balaban J connectivity index is 1.63. The number of nitrogens with one attached hydrogen (secondary N) is 1. The summed E-state index contributed by atoms with van der Waals surface area (Å²) in [6, 6.07) is 25.8. The van der Waals surface area contributed by atoms with Crippen LogP contribution in [0.5, 0.6) is 5.75 Å². The second-order valence-electron chi connectivity index (χ2n) is 8.97. The first-order valence-corrected chi connectivity index (χ1v) is 14.1. The Hall–Kier alpha value is -3.25. The fourth-order valence-electron chi connectivity index (χ4n) is 3.87. The largest absolute Gasteiger partial charge is 0.427 e. The molecule has 2 amide bonds. The SMILES string of the molecule is CCCCCCNC(=O)N(CCc1ccccc1)c1ccc(Sc2ccc(OC(=O)CCC)cc2)cc1. The van der Waals surface area contributed by atoms with Crippen LogP contribution >= 0.6 is 11.8 Å². The number of rotatable bonds is 14. The summed E-state index contributed by atoms with van der Waals surface area (Å²) in [5, 5.41) is 3.10. The average Bonchev–Trinajstić information content (AvgIpc) is 2.91. The molecule has 0 spiro atoms. The van der Waals surface area contributed by atoms with Crippen LogP contribution in [0.4, 0.5) is 10.5 Å². The molecule has 0 bridgehead atoms. The number of unbranched alkanes of at least 4 members (excludes halogenated alkanes) is 3. The molecule has 0 aromatic heterocycles. The second kappa shape index (κ2) is 15.8. The van der Waals surface area contributed by atoms with Gasteiger partial charge in [0.15, 0.2) is 0 Å². The third kappa shape index (κ3) is 9.96. The van der Waals surface area contributed by atoms with Crippen molar-refractivity contribution in [2.24, 2.45) is 0 Å². The predicted molar refractivity (Wildman–Crippen MR) is 153 cm³/mol. The van der Waals surface area contributed by atoms with Crippen molar-refractivity contribution in [1.29, 1.82) is 0 Å². The van der Waals surface area contributed by atoms with Crippen LogP contribution in [-0.2, 0) is 11.2 Å². The lowest BCUT2D eigenvalue weighted by Gasteiger charge is -2.24. The van der Waals surface area contributed by atoms with Gasteiger partial charge in [0, 0.05) is 35.0 Å². The molecule has 3 rings (SSSR count). The van der Waals surface area contributed by atoms with Crippen molar-refractivity contribution >= 4 is 29.4 Å². The van der Waals surface area contributed by atoms with E-state index in [1.165, 1.54) is 18.4 Å². The fourth-order valence-corrected chi connectivity index (χ4v) is 4.69. The van der Waals surface area contributed by atoms with E-state index < -0.39 is 0 Å². The van der Waals surface area contributed by atoms with Gasteiger partial charge in [0.25, 0.3) is 0 Å². The zero-order valence-corrected chi connectivity index (χ0v) is 22.8. The Morgan fingerprint density at radius 1 is 0.811 bits per heavy atom. The molecule has 37 heavy (non-hydrogen) atoms. The van der Waals surface area contributed by atoms with Gasteiger partial charge in [-0.1, -0.05) is 75.2 Å². The van der Waals surface area contributed by atoms with Crippen molar-refractivity contribution in [1.82, 2.24) is 5.32 Å². The average molecular weight is 519 g/mol. The summed E-state index contributed by atoms with van der Waals surface area (Å²) in [6.45, 7) is 5.44.